The van der Waals surface area contributed by atoms with Crippen LogP contribution in [0, 0.1) is 31.3 Å². The molecule has 0 amide bonds. The predicted molar refractivity (Wildman–Crippen MR) is 105 cm³/mol. The molecule has 3 aromatic rings. The van der Waals surface area contributed by atoms with Gasteiger partial charge in [-0.15, -0.1) is 0 Å². The average Bonchev–Trinajstić information content (AvgIpc) is 2.68. The Morgan fingerprint density at radius 3 is 2.36 bits per heavy atom. The smallest absolute Gasteiger partial charge is 0.194 e. The molecule has 0 fully saturated rings. The average molecular weight is 448 g/mol. The second kappa shape index (κ2) is 8.27. The van der Waals surface area contributed by atoms with E-state index in [2.05, 4.69) is 20.9 Å². The largest absolute Gasteiger partial charge is 0.294 e. The van der Waals surface area contributed by atoms with Crippen LogP contribution < -0.4 is 0 Å². The molecule has 144 valence electrons. The number of rotatable bonds is 5. The van der Waals surface area contributed by atoms with Gasteiger partial charge in [-0.25, -0.2) is 13.2 Å². The van der Waals surface area contributed by atoms with Crippen LogP contribution in [0.15, 0.2) is 53.1 Å². The Hall–Kier alpha value is -2.47. The van der Waals surface area contributed by atoms with Crippen molar-refractivity contribution >= 4 is 21.7 Å². The third kappa shape index (κ3) is 4.17. The van der Waals surface area contributed by atoms with Gasteiger partial charge in [0.15, 0.2) is 23.2 Å². The molecule has 0 aliphatic heterocycles. The molecule has 28 heavy (non-hydrogen) atoms. The normalized spacial score (nSPS) is 12.1. The summed E-state index contributed by atoms with van der Waals surface area (Å²) in [6, 6.07) is 11.4. The quantitative estimate of drug-likeness (QED) is 0.340. The van der Waals surface area contributed by atoms with Gasteiger partial charge in [0.2, 0.25) is 0 Å². The molecule has 2 nitrogen and oxygen atoms in total. The van der Waals surface area contributed by atoms with Gasteiger partial charge >= 0.3 is 0 Å². The number of Topliss-reactive ketones (excluding diaryl/α,β-unsaturated/α-hetero) is 1. The number of aryl methyl sites for hydroxylation is 1. The molecule has 0 radical (unpaired) electrons. The second-order valence-electron chi connectivity index (χ2n) is 6.62. The van der Waals surface area contributed by atoms with Crippen LogP contribution >= 0.6 is 15.9 Å². The first-order valence-electron chi connectivity index (χ1n) is 8.63. The summed E-state index contributed by atoms with van der Waals surface area (Å²) < 4.78 is 42.6. The number of benzene rings is 2. The zero-order valence-corrected chi connectivity index (χ0v) is 16.9. The minimum absolute atomic E-state index is 0.00877. The molecule has 1 unspecified atom stereocenters. The number of hydrogen-bond acceptors (Lipinski definition) is 2. The fourth-order valence-corrected chi connectivity index (χ4v) is 3.46. The molecule has 3 rings (SSSR count). The number of pyridine rings is 1. The minimum atomic E-state index is -1.51. The number of carbonyl (C=O) groups is 1. The fraction of sp³-hybridized carbons (Fsp3) is 0.182. The van der Waals surface area contributed by atoms with Crippen LogP contribution in [0.5, 0.6) is 0 Å². The predicted octanol–water partition coefficient (Wildman–Crippen LogP) is 6.28. The van der Waals surface area contributed by atoms with E-state index in [-0.39, 0.29) is 23.3 Å². The summed E-state index contributed by atoms with van der Waals surface area (Å²) >= 11 is 3.35. The van der Waals surface area contributed by atoms with E-state index < -0.39 is 23.4 Å². The highest BCUT2D eigenvalue weighted by molar-refractivity contribution is 9.10. The van der Waals surface area contributed by atoms with Gasteiger partial charge in [-0.3, -0.25) is 9.78 Å². The zero-order valence-electron chi connectivity index (χ0n) is 15.3. The molecule has 0 saturated heterocycles. The van der Waals surface area contributed by atoms with Crippen LogP contribution in [0.25, 0.3) is 0 Å². The molecule has 0 spiro atoms. The topological polar surface area (TPSA) is 30.0 Å². The molecule has 2 aromatic carbocycles. The number of nitrogens with zero attached hydrogens (tertiary/aromatic N) is 1. The molecule has 1 heterocycles. The van der Waals surface area contributed by atoms with Gasteiger partial charge in [0.05, 0.1) is 0 Å². The molecule has 0 bridgehead atoms. The van der Waals surface area contributed by atoms with E-state index in [9.17, 15) is 18.0 Å². The summed E-state index contributed by atoms with van der Waals surface area (Å²) in [5, 5.41) is 0. The molecule has 0 N–H and O–H groups in total. The van der Waals surface area contributed by atoms with Gasteiger partial charge in [-0.1, -0.05) is 28.1 Å². The van der Waals surface area contributed by atoms with Crippen LogP contribution in [-0.2, 0) is 0 Å². The molecule has 6 heteroatoms. The highest BCUT2D eigenvalue weighted by Gasteiger charge is 2.25. The van der Waals surface area contributed by atoms with Gasteiger partial charge in [-0.05, 0) is 60.9 Å². The maximum atomic E-state index is 14.2. The number of halogens is 4. The first kappa shape index (κ1) is 20.3. The van der Waals surface area contributed by atoms with Crippen molar-refractivity contribution in [3.63, 3.8) is 0 Å². The van der Waals surface area contributed by atoms with Crippen molar-refractivity contribution in [3.05, 3.63) is 98.5 Å². The third-order valence-electron chi connectivity index (χ3n) is 4.70. The van der Waals surface area contributed by atoms with Crippen molar-refractivity contribution < 1.29 is 18.0 Å². The van der Waals surface area contributed by atoms with Crippen LogP contribution in [0.1, 0.15) is 45.1 Å². The van der Waals surface area contributed by atoms with E-state index in [4.69, 9.17) is 0 Å². The Morgan fingerprint density at radius 2 is 1.71 bits per heavy atom. The van der Waals surface area contributed by atoms with Crippen molar-refractivity contribution in [2.75, 3.05) is 0 Å². The highest BCUT2D eigenvalue weighted by Crippen LogP contribution is 2.34. The van der Waals surface area contributed by atoms with Gasteiger partial charge in [0.25, 0.3) is 0 Å². The SMILES string of the molecule is Cc1cc(C(=O)CC(c2ccc(Br)cc2)c2cc(F)c(F)c(F)c2C)ccn1. The van der Waals surface area contributed by atoms with Gasteiger partial charge in [0.1, 0.15) is 0 Å². The summed E-state index contributed by atoms with van der Waals surface area (Å²) in [4.78, 5) is 16.9. The summed E-state index contributed by atoms with van der Waals surface area (Å²) in [5.41, 5.74) is 2.11. The van der Waals surface area contributed by atoms with Crippen LogP contribution in [0.3, 0.4) is 0 Å². The lowest BCUT2D eigenvalue weighted by Gasteiger charge is -2.21. The first-order chi connectivity index (χ1) is 13.3. The summed E-state index contributed by atoms with van der Waals surface area (Å²) in [6.45, 7) is 3.16. The van der Waals surface area contributed by atoms with E-state index in [1.54, 1.807) is 49.5 Å². The Bertz CT molecular complexity index is 1030. The van der Waals surface area contributed by atoms with Crippen LogP contribution in [-0.4, -0.2) is 10.8 Å². The van der Waals surface area contributed by atoms with Crippen molar-refractivity contribution in [3.8, 4) is 0 Å². The van der Waals surface area contributed by atoms with Gasteiger partial charge in [0, 0.05) is 34.3 Å². The third-order valence-corrected chi connectivity index (χ3v) is 5.23. The number of carbonyl (C=O) groups excluding carboxylic acids is 1. The minimum Gasteiger partial charge on any atom is -0.294 e. The number of hydrogen-bond donors (Lipinski definition) is 0. The maximum absolute atomic E-state index is 14.2. The van der Waals surface area contributed by atoms with E-state index in [1.165, 1.54) is 6.92 Å². The summed E-state index contributed by atoms with van der Waals surface area (Å²) in [7, 11) is 0. The van der Waals surface area contributed by atoms with Crippen molar-refractivity contribution in [2.24, 2.45) is 0 Å². The van der Waals surface area contributed by atoms with E-state index >= 15 is 0 Å². The molecule has 0 aliphatic carbocycles. The molecular weight excluding hydrogens is 431 g/mol. The molecule has 1 aromatic heterocycles. The van der Waals surface area contributed by atoms with E-state index in [0.29, 0.717) is 16.8 Å². The Balaban J connectivity index is 2.09. The summed E-state index contributed by atoms with van der Waals surface area (Å²) in [5.74, 6) is -4.83. The Morgan fingerprint density at radius 1 is 1.04 bits per heavy atom. The second-order valence-corrected chi connectivity index (χ2v) is 7.53. The highest BCUT2D eigenvalue weighted by atomic mass is 79.9. The van der Waals surface area contributed by atoms with Crippen LogP contribution in [0.4, 0.5) is 13.2 Å². The van der Waals surface area contributed by atoms with E-state index in [1.807, 2.05) is 0 Å². The van der Waals surface area contributed by atoms with Crippen molar-refractivity contribution in [2.45, 2.75) is 26.2 Å². The first-order valence-corrected chi connectivity index (χ1v) is 9.42. The lowest BCUT2D eigenvalue weighted by atomic mass is 9.83. The summed E-state index contributed by atoms with van der Waals surface area (Å²) in [6.07, 6.45) is 1.52. The Labute approximate surface area is 169 Å². The number of aromatic nitrogens is 1. The maximum Gasteiger partial charge on any atom is 0.194 e. The lowest BCUT2D eigenvalue weighted by Crippen LogP contribution is -2.13. The van der Waals surface area contributed by atoms with Crippen molar-refractivity contribution in [1.29, 1.82) is 0 Å². The standard InChI is InChI=1S/C22H17BrF3NO/c1-12-9-15(7-8-27-12)20(28)11-18(14-3-5-16(23)6-4-14)17-10-19(24)22(26)21(25)13(17)2/h3-10,18H,11H2,1-2H3. The number of ketones is 1. The molecule has 0 aliphatic rings. The monoisotopic (exact) mass is 447 g/mol. The van der Waals surface area contributed by atoms with Crippen LogP contribution in [0.2, 0.25) is 0 Å². The molecule has 0 saturated carbocycles. The molecule has 1 atom stereocenters. The van der Waals surface area contributed by atoms with E-state index in [0.717, 1.165) is 10.5 Å². The van der Waals surface area contributed by atoms with Crippen molar-refractivity contribution in [1.82, 2.24) is 4.98 Å². The Kier molecular flexibility index (Phi) is 5.98. The zero-order chi connectivity index (χ0) is 20.4. The fourth-order valence-electron chi connectivity index (χ4n) is 3.19. The van der Waals surface area contributed by atoms with Gasteiger partial charge in [-0.2, -0.15) is 0 Å². The lowest BCUT2D eigenvalue weighted by molar-refractivity contribution is 0.0977. The molecular formula is C22H17BrF3NO. The van der Waals surface area contributed by atoms with Gasteiger partial charge < -0.3 is 0 Å².